The molecule has 1 saturated heterocycles. The Labute approximate surface area is 184 Å². The minimum Gasteiger partial charge on any atom is -0.496 e. The van der Waals surface area contributed by atoms with E-state index in [1.54, 1.807) is 49.8 Å². The smallest absolute Gasteiger partial charge is 0.407 e. The highest BCUT2D eigenvalue weighted by atomic mass is 16.6. The van der Waals surface area contributed by atoms with Crippen molar-refractivity contribution in [3.05, 3.63) is 35.9 Å². The fourth-order valence-corrected chi connectivity index (χ4v) is 3.20. The van der Waals surface area contributed by atoms with Gasteiger partial charge in [0.25, 0.3) is 0 Å². The van der Waals surface area contributed by atoms with Gasteiger partial charge in [0.05, 0.1) is 7.11 Å². The zero-order valence-corrected chi connectivity index (χ0v) is 18.8. The molecular weight excluding hydrogens is 398 g/mol. The van der Waals surface area contributed by atoms with E-state index in [1.807, 2.05) is 24.3 Å². The summed E-state index contributed by atoms with van der Waals surface area (Å²) < 4.78 is 10.5. The maximum Gasteiger partial charge on any atom is 0.407 e. The highest BCUT2D eigenvalue weighted by molar-refractivity contribution is 5.92. The van der Waals surface area contributed by atoms with Crippen LogP contribution in [-0.2, 0) is 14.3 Å². The lowest BCUT2D eigenvalue weighted by molar-refractivity contribution is -0.131. The lowest BCUT2D eigenvalue weighted by Crippen LogP contribution is -2.39. The largest absolute Gasteiger partial charge is 0.496 e. The molecule has 1 heterocycles. The number of hydrogen-bond donors (Lipinski definition) is 1. The van der Waals surface area contributed by atoms with Gasteiger partial charge in [-0.3, -0.25) is 9.59 Å². The zero-order chi connectivity index (χ0) is 22.9. The summed E-state index contributed by atoms with van der Waals surface area (Å²) in [7, 11) is 1.60. The van der Waals surface area contributed by atoms with Crippen LogP contribution in [0.5, 0.6) is 5.75 Å². The van der Waals surface area contributed by atoms with Gasteiger partial charge in [-0.1, -0.05) is 18.2 Å². The van der Waals surface area contributed by atoms with E-state index in [4.69, 9.17) is 9.47 Å². The van der Waals surface area contributed by atoms with Crippen molar-refractivity contribution in [3.8, 4) is 5.75 Å². The van der Waals surface area contributed by atoms with Crippen LogP contribution in [0.2, 0.25) is 0 Å². The van der Waals surface area contributed by atoms with Gasteiger partial charge in [-0.15, -0.1) is 0 Å². The number of para-hydroxylation sites is 1. The highest BCUT2D eigenvalue weighted by Gasteiger charge is 2.21. The van der Waals surface area contributed by atoms with Crippen molar-refractivity contribution in [1.29, 1.82) is 0 Å². The normalized spacial score (nSPS) is 14.8. The molecule has 1 fully saturated rings. The first-order chi connectivity index (χ1) is 14.7. The van der Waals surface area contributed by atoms with Crippen molar-refractivity contribution in [2.45, 2.75) is 39.2 Å². The van der Waals surface area contributed by atoms with Crippen LogP contribution in [0.25, 0.3) is 6.08 Å². The van der Waals surface area contributed by atoms with Crippen molar-refractivity contribution in [2.24, 2.45) is 0 Å². The van der Waals surface area contributed by atoms with Gasteiger partial charge in [-0.05, 0) is 39.3 Å². The Balaban J connectivity index is 1.80. The van der Waals surface area contributed by atoms with Gasteiger partial charge in [-0.25, -0.2) is 4.79 Å². The van der Waals surface area contributed by atoms with Gasteiger partial charge < -0.3 is 24.6 Å². The second kappa shape index (κ2) is 11.4. The number of nitrogens with zero attached hydrogens (tertiary/aromatic N) is 2. The number of carbonyl (C=O) groups excluding carboxylic acids is 3. The molecule has 8 nitrogen and oxygen atoms in total. The van der Waals surface area contributed by atoms with Crippen LogP contribution >= 0.6 is 0 Å². The molecule has 2 rings (SSSR count). The number of amides is 3. The first kappa shape index (κ1) is 24.2. The summed E-state index contributed by atoms with van der Waals surface area (Å²) in [6, 6.07) is 7.50. The molecule has 3 amide bonds. The standard InChI is InChI=1S/C23H33N3O5/c1-23(2,3)31-22(29)24-13-12-21(28)26-15-7-14-25(16-17-26)20(27)11-10-18-8-5-6-9-19(18)30-4/h5-6,8-11H,7,12-17H2,1-4H3,(H,24,29)/b11-10+. The Morgan fingerprint density at radius 3 is 2.45 bits per heavy atom. The Bertz CT molecular complexity index is 801. The Hall–Kier alpha value is -3.03. The van der Waals surface area contributed by atoms with Crippen LogP contribution in [0.15, 0.2) is 30.3 Å². The number of benzene rings is 1. The third-order valence-electron chi connectivity index (χ3n) is 4.71. The summed E-state index contributed by atoms with van der Waals surface area (Å²) in [6.45, 7) is 7.70. The molecule has 0 atom stereocenters. The van der Waals surface area contributed by atoms with Gasteiger partial charge in [0.15, 0.2) is 0 Å². The summed E-state index contributed by atoms with van der Waals surface area (Å²) in [5.41, 5.74) is 0.261. The Kier molecular flexibility index (Phi) is 8.90. The SMILES string of the molecule is COc1ccccc1/C=C/C(=O)N1CCCN(C(=O)CCNC(=O)OC(C)(C)C)CC1. The van der Waals surface area contributed by atoms with Crippen molar-refractivity contribution in [1.82, 2.24) is 15.1 Å². The summed E-state index contributed by atoms with van der Waals surface area (Å²) >= 11 is 0. The highest BCUT2D eigenvalue weighted by Crippen LogP contribution is 2.19. The van der Waals surface area contributed by atoms with Crippen LogP contribution in [-0.4, -0.2) is 73.1 Å². The average molecular weight is 432 g/mol. The van der Waals surface area contributed by atoms with Gasteiger partial charge in [-0.2, -0.15) is 0 Å². The molecule has 0 spiro atoms. The van der Waals surface area contributed by atoms with Crippen molar-refractivity contribution < 1.29 is 23.9 Å². The first-order valence-corrected chi connectivity index (χ1v) is 10.5. The molecule has 0 unspecified atom stereocenters. The maximum atomic E-state index is 12.6. The molecule has 1 aromatic rings. The monoisotopic (exact) mass is 431 g/mol. The van der Waals surface area contributed by atoms with Crippen molar-refractivity contribution in [3.63, 3.8) is 0 Å². The van der Waals surface area contributed by atoms with Gasteiger partial charge in [0, 0.05) is 50.8 Å². The van der Waals surface area contributed by atoms with Crippen LogP contribution < -0.4 is 10.1 Å². The predicted octanol–water partition coefficient (Wildman–Crippen LogP) is 2.68. The predicted molar refractivity (Wildman–Crippen MR) is 119 cm³/mol. The summed E-state index contributed by atoms with van der Waals surface area (Å²) in [6.07, 6.45) is 3.66. The first-order valence-electron chi connectivity index (χ1n) is 10.5. The molecule has 0 saturated carbocycles. The molecule has 31 heavy (non-hydrogen) atoms. The third kappa shape index (κ3) is 8.32. The van der Waals surface area contributed by atoms with E-state index in [0.29, 0.717) is 38.3 Å². The van der Waals surface area contributed by atoms with E-state index in [1.165, 1.54) is 0 Å². The van der Waals surface area contributed by atoms with E-state index < -0.39 is 11.7 Å². The van der Waals surface area contributed by atoms with Gasteiger partial charge in [0.2, 0.25) is 11.8 Å². The summed E-state index contributed by atoms with van der Waals surface area (Å²) in [5, 5.41) is 2.60. The van der Waals surface area contributed by atoms with Crippen LogP contribution in [0.4, 0.5) is 4.79 Å². The fraction of sp³-hybridized carbons (Fsp3) is 0.522. The Morgan fingerprint density at radius 2 is 1.74 bits per heavy atom. The Morgan fingerprint density at radius 1 is 1.06 bits per heavy atom. The van der Waals surface area contributed by atoms with E-state index in [0.717, 1.165) is 5.56 Å². The number of hydrogen-bond acceptors (Lipinski definition) is 5. The molecule has 1 aromatic carbocycles. The molecule has 0 aliphatic carbocycles. The van der Waals surface area contributed by atoms with Crippen LogP contribution in [0, 0.1) is 0 Å². The number of ether oxygens (including phenoxy) is 2. The number of rotatable bonds is 6. The molecule has 1 N–H and O–H groups in total. The molecule has 0 aromatic heterocycles. The van der Waals surface area contributed by atoms with Gasteiger partial charge >= 0.3 is 6.09 Å². The molecule has 170 valence electrons. The topological polar surface area (TPSA) is 88.2 Å². The van der Waals surface area contributed by atoms with E-state index in [9.17, 15) is 14.4 Å². The van der Waals surface area contributed by atoms with Crippen LogP contribution in [0.1, 0.15) is 39.2 Å². The number of nitrogens with one attached hydrogen (secondary N) is 1. The lowest BCUT2D eigenvalue weighted by Gasteiger charge is -2.22. The molecule has 8 heteroatoms. The third-order valence-corrected chi connectivity index (χ3v) is 4.71. The maximum absolute atomic E-state index is 12.6. The lowest BCUT2D eigenvalue weighted by atomic mass is 10.2. The number of carbonyl (C=O) groups is 3. The quantitative estimate of drug-likeness (QED) is 0.700. The second-order valence-corrected chi connectivity index (χ2v) is 8.31. The molecule has 0 radical (unpaired) electrons. The summed E-state index contributed by atoms with van der Waals surface area (Å²) in [4.78, 5) is 40.2. The van der Waals surface area contributed by atoms with Gasteiger partial charge in [0.1, 0.15) is 11.4 Å². The van der Waals surface area contributed by atoms with Crippen molar-refractivity contribution in [2.75, 3.05) is 39.8 Å². The van der Waals surface area contributed by atoms with Crippen LogP contribution in [0.3, 0.4) is 0 Å². The zero-order valence-electron chi connectivity index (χ0n) is 18.8. The van der Waals surface area contributed by atoms with E-state index in [-0.39, 0.29) is 24.8 Å². The number of alkyl carbamates (subject to hydrolysis) is 1. The molecular formula is C23H33N3O5. The van der Waals surface area contributed by atoms with E-state index in [2.05, 4.69) is 5.32 Å². The molecule has 1 aliphatic heterocycles. The van der Waals surface area contributed by atoms with Crippen molar-refractivity contribution >= 4 is 24.0 Å². The van der Waals surface area contributed by atoms with E-state index >= 15 is 0 Å². The number of methoxy groups -OCH3 is 1. The second-order valence-electron chi connectivity index (χ2n) is 8.31. The summed E-state index contributed by atoms with van der Waals surface area (Å²) in [5.74, 6) is 0.570. The average Bonchev–Trinajstić information content (AvgIpc) is 2.97. The molecule has 1 aliphatic rings. The fourth-order valence-electron chi connectivity index (χ4n) is 3.20. The molecule has 0 bridgehead atoms. The minimum absolute atomic E-state index is 0.0464. The minimum atomic E-state index is -0.574.